The number of rotatable bonds is 10. The number of halogens is 3. The molecule has 2 atom stereocenters. The minimum atomic E-state index is -0.927. The zero-order chi connectivity index (χ0) is 26.1. The molecule has 0 saturated heterocycles. The van der Waals surface area contributed by atoms with E-state index in [-0.39, 0.29) is 11.4 Å². The van der Waals surface area contributed by atoms with Gasteiger partial charge < -0.3 is 14.8 Å². The van der Waals surface area contributed by atoms with Gasteiger partial charge in [-0.05, 0) is 48.9 Å². The first-order chi connectivity index (χ1) is 17.3. The van der Waals surface area contributed by atoms with Crippen molar-refractivity contribution in [3.05, 3.63) is 92.4 Å². The topological polar surface area (TPSA) is 89.0 Å². The van der Waals surface area contributed by atoms with Gasteiger partial charge in [0, 0.05) is 21.5 Å². The zero-order valence-electron chi connectivity index (χ0n) is 19.5. The van der Waals surface area contributed by atoms with Crippen LogP contribution in [0.25, 0.3) is 0 Å². The Hall–Kier alpha value is -3.07. The molecule has 0 spiro atoms. The van der Waals surface area contributed by atoms with E-state index >= 15 is 0 Å². The quantitative estimate of drug-likeness (QED) is 0.243. The molecular formula is C26H24BrCl2N3O4. The molecule has 7 nitrogen and oxygen atoms in total. The Morgan fingerprint density at radius 3 is 2.44 bits per heavy atom. The molecule has 3 aromatic carbocycles. The van der Waals surface area contributed by atoms with E-state index in [9.17, 15) is 9.59 Å². The van der Waals surface area contributed by atoms with Gasteiger partial charge in [-0.2, -0.15) is 5.10 Å². The minimum absolute atomic E-state index is 0.253. The van der Waals surface area contributed by atoms with E-state index in [0.717, 1.165) is 10.0 Å². The number of benzene rings is 3. The first-order valence-electron chi connectivity index (χ1n) is 10.9. The normalized spacial score (nSPS) is 12.6. The van der Waals surface area contributed by atoms with Crippen LogP contribution in [0.2, 0.25) is 10.0 Å². The summed E-state index contributed by atoms with van der Waals surface area (Å²) in [5.41, 5.74) is 4.03. The molecular weight excluding hydrogens is 569 g/mol. The van der Waals surface area contributed by atoms with Gasteiger partial charge in [-0.15, -0.1) is 0 Å². The minimum Gasteiger partial charge on any atom is -0.496 e. The lowest BCUT2D eigenvalue weighted by Gasteiger charge is -2.21. The average Bonchev–Trinajstić information content (AvgIpc) is 2.86. The maximum absolute atomic E-state index is 13.0. The lowest BCUT2D eigenvalue weighted by molar-refractivity contribution is -0.132. The third-order valence-electron chi connectivity index (χ3n) is 5.05. The maximum atomic E-state index is 13.0. The second kappa shape index (κ2) is 13.3. The summed E-state index contributed by atoms with van der Waals surface area (Å²) in [6, 6.07) is 18.5. The number of nitrogens with one attached hydrogen (secondary N) is 2. The van der Waals surface area contributed by atoms with Gasteiger partial charge >= 0.3 is 0 Å². The van der Waals surface area contributed by atoms with Crippen LogP contribution >= 0.6 is 39.1 Å². The van der Waals surface area contributed by atoms with Crippen LogP contribution in [0.4, 0.5) is 0 Å². The van der Waals surface area contributed by atoms with Gasteiger partial charge in [0.05, 0.1) is 18.3 Å². The fraction of sp³-hybridized carbons (Fsp3) is 0.192. The summed E-state index contributed by atoms with van der Waals surface area (Å²) in [6.45, 7) is 1.56. The molecule has 0 aliphatic heterocycles. The fourth-order valence-corrected chi connectivity index (χ4v) is 4.04. The van der Waals surface area contributed by atoms with Gasteiger partial charge in [0.2, 0.25) is 0 Å². The Kier molecular flexibility index (Phi) is 10.2. The van der Waals surface area contributed by atoms with E-state index in [4.69, 9.17) is 32.7 Å². The van der Waals surface area contributed by atoms with Crippen molar-refractivity contribution >= 4 is 57.2 Å². The van der Waals surface area contributed by atoms with Crippen LogP contribution in [0.3, 0.4) is 0 Å². The Bertz CT molecular complexity index is 1240. The van der Waals surface area contributed by atoms with Gasteiger partial charge in [0.15, 0.2) is 6.10 Å². The number of hydrogen-bond acceptors (Lipinski definition) is 5. The van der Waals surface area contributed by atoms with E-state index in [1.54, 1.807) is 38.3 Å². The van der Waals surface area contributed by atoms with E-state index in [1.165, 1.54) is 12.3 Å². The van der Waals surface area contributed by atoms with E-state index in [1.807, 2.05) is 36.4 Å². The summed E-state index contributed by atoms with van der Waals surface area (Å²) in [6.07, 6.45) is 0.795. The highest BCUT2D eigenvalue weighted by Gasteiger charge is 2.25. The Morgan fingerprint density at radius 1 is 1.03 bits per heavy atom. The molecule has 0 unspecified atom stereocenters. The third kappa shape index (κ3) is 7.98. The summed E-state index contributed by atoms with van der Waals surface area (Å²) in [7, 11) is 1.55. The van der Waals surface area contributed by atoms with Crippen molar-refractivity contribution in [1.82, 2.24) is 10.7 Å². The number of carbonyl (C=O) groups excluding carboxylic acids is 2. The van der Waals surface area contributed by atoms with Gasteiger partial charge in [0.1, 0.15) is 17.5 Å². The summed E-state index contributed by atoms with van der Waals surface area (Å²) < 4.78 is 11.8. The molecule has 0 aromatic heterocycles. The van der Waals surface area contributed by atoms with Gasteiger partial charge in [-0.25, -0.2) is 5.43 Å². The molecule has 36 heavy (non-hydrogen) atoms. The first-order valence-corrected chi connectivity index (χ1v) is 12.4. The van der Waals surface area contributed by atoms with Crippen LogP contribution in [0.15, 0.2) is 76.3 Å². The van der Waals surface area contributed by atoms with Crippen molar-refractivity contribution in [2.45, 2.75) is 25.5 Å². The summed E-state index contributed by atoms with van der Waals surface area (Å²) in [5.74, 6) is -0.0820. The Morgan fingerprint density at radius 2 is 1.75 bits per heavy atom. The molecule has 0 aliphatic rings. The molecule has 3 aromatic rings. The summed E-state index contributed by atoms with van der Waals surface area (Å²) >= 11 is 15.5. The predicted molar refractivity (Wildman–Crippen MR) is 145 cm³/mol. The van der Waals surface area contributed by atoms with Crippen molar-refractivity contribution in [2.75, 3.05) is 7.11 Å². The molecule has 0 fully saturated rings. The van der Waals surface area contributed by atoms with Crippen LogP contribution in [-0.4, -0.2) is 37.3 Å². The number of ether oxygens (including phenoxy) is 2. The molecule has 3 rings (SSSR count). The number of hydrazone groups is 1. The molecule has 10 heteroatoms. The maximum Gasteiger partial charge on any atom is 0.262 e. The SMILES string of the molecule is COc1ccc(Br)cc1/C=N\NC(=O)[C@H](Cc1ccccc1)NC(=O)[C@@H](C)Oc1ccc(Cl)cc1Cl. The molecule has 0 heterocycles. The molecule has 2 N–H and O–H groups in total. The van der Waals surface area contributed by atoms with Crippen molar-refractivity contribution in [3.63, 3.8) is 0 Å². The van der Waals surface area contributed by atoms with E-state index < -0.39 is 24.0 Å². The van der Waals surface area contributed by atoms with E-state index in [2.05, 4.69) is 31.8 Å². The first kappa shape index (κ1) is 27.5. The number of amides is 2. The number of hydrogen-bond donors (Lipinski definition) is 2. The lowest BCUT2D eigenvalue weighted by Crippen LogP contribution is -2.50. The fourth-order valence-electron chi connectivity index (χ4n) is 3.21. The predicted octanol–water partition coefficient (Wildman–Crippen LogP) is 5.41. The van der Waals surface area contributed by atoms with Crippen molar-refractivity contribution in [2.24, 2.45) is 5.10 Å². The molecule has 0 saturated carbocycles. The average molecular weight is 593 g/mol. The second-order valence-corrected chi connectivity index (χ2v) is 9.47. The van der Waals surface area contributed by atoms with Gasteiger partial charge in [-0.3, -0.25) is 9.59 Å². The smallest absolute Gasteiger partial charge is 0.262 e. The number of nitrogens with zero attached hydrogens (tertiary/aromatic N) is 1. The second-order valence-electron chi connectivity index (χ2n) is 7.71. The van der Waals surface area contributed by atoms with Crippen LogP contribution in [0.5, 0.6) is 11.5 Å². The lowest BCUT2D eigenvalue weighted by atomic mass is 10.1. The summed E-state index contributed by atoms with van der Waals surface area (Å²) in [4.78, 5) is 25.9. The highest BCUT2D eigenvalue weighted by Crippen LogP contribution is 2.28. The molecule has 188 valence electrons. The Balaban J connectivity index is 1.71. The standard InChI is InChI=1S/C26H24BrCl2N3O4/c1-16(36-24-11-9-20(28)14-21(24)29)25(33)31-22(12-17-6-4-3-5-7-17)26(34)32-30-15-18-13-19(27)8-10-23(18)35-2/h3-11,13-16,22H,12H2,1-2H3,(H,31,33)(H,32,34)/b30-15-/t16-,22+/m1/s1. The van der Waals surface area contributed by atoms with Crippen molar-refractivity contribution in [3.8, 4) is 11.5 Å². The molecule has 0 aliphatic carbocycles. The van der Waals surface area contributed by atoms with Crippen LogP contribution in [0, 0.1) is 0 Å². The largest absolute Gasteiger partial charge is 0.496 e. The number of carbonyl (C=O) groups is 2. The van der Waals surface area contributed by atoms with Crippen molar-refractivity contribution in [1.29, 1.82) is 0 Å². The van der Waals surface area contributed by atoms with Gasteiger partial charge in [0.25, 0.3) is 11.8 Å². The van der Waals surface area contributed by atoms with Crippen LogP contribution in [-0.2, 0) is 16.0 Å². The van der Waals surface area contributed by atoms with Crippen LogP contribution < -0.4 is 20.2 Å². The highest BCUT2D eigenvalue weighted by atomic mass is 79.9. The number of methoxy groups -OCH3 is 1. The molecule has 0 radical (unpaired) electrons. The van der Waals surface area contributed by atoms with Crippen LogP contribution in [0.1, 0.15) is 18.1 Å². The summed E-state index contributed by atoms with van der Waals surface area (Å²) in [5, 5.41) is 7.53. The third-order valence-corrected chi connectivity index (χ3v) is 6.08. The Labute approximate surface area is 227 Å². The van der Waals surface area contributed by atoms with Gasteiger partial charge in [-0.1, -0.05) is 69.5 Å². The molecule has 2 amide bonds. The monoisotopic (exact) mass is 591 g/mol. The zero-order valence-corrected chi connectivity index (χ0v) is 22.6. The van der Waals surface area contributed by atoms with E-state index in [0.29, 0.717) is 22.1 Å². The highest BCUT2D eigenvalue weighted by molar-refractivity contribution is 9.10. The molecule has 0 bridgehead atoms. The van der Waals surface area contributed by atoms with Crippen molar-refractivity contribution < 1.29 is 19.1 Å².